The van der Waals surface area contributed by atoms with Gasteiger partial charge >= 0.3 is 0 Å². The summed E-state index contributed by atoms with van der Waals surface area (Å²) in [4.78, 5) is 4.36. The van der Waals surface area contributed by atoms with Crippen LogP contribution < -0.4 is 15.8 Å². The number of aliphatic hydroxyl groups excluding tert-OH is 1. The molecule has 0 saturated heterocycles. The summed E-state index contributed by atoms with van der Waals surface area (Å²) in [6, 6.07) is 6.03. The number of aliphatic hydroxyl groups is 1. The first-order chi connectivity index (χ1) is 14.2. The van der Waals surface area contributed by atoms with E-state index in [0.717, 1.165) is 11.4 Å². The fourth-order valence-electron chi connectivity index (χ4n) is 2.48. The van der Waals surface area contributed by atoms with Crippen molar-refractivity contribution in [1.29, 1.82) is 0 Å². The predicted molar refractivity (Wildman–Crippen MR) is 117 cm³/mol. The number of pyridine rings is 1. The minimum Gasteiger partial charge on any atom is -0.489 e. The molecule has 160 valence electrons. The van der Waals surface area contributed by atoms with Crippen molar-refractivity contribution < 1.29 is 14.2 Å². The summed E-state index contributed by atoms with van der Waals surface area (Å²) < 4.78 is 19.9. The highest BCUT2D eigenvalue weighted by Gasteiger charge is 2.17. The molecule has 3 aromatic rings. The van der Waals surface area contributed by atoms with Gasteiger partial charge in [0, 0.05) is 29.4 Å². The van der Waals surface area contributed by atoms with E-state index in [-0.39, 0.29) is 23.4 Å². The van der Waals surface area contributed by atoms with Crippen LogP contribution in [-0.2, 0) is 0 Å². The molecule has 2 aromatic heterocycles. The average molecular weight is 452 g/mol. The van der Waals surface area contributed by atoms with E-state index in [1.807, 2.05) is 26.0 Å². The summed E-state index contributed by atoms with van der Waals surface area (Å²) in [6.45, 7) is 5.57. The van der Waals surface area contributed by atoms with Gasteiger partial charge in [0.1, 0.15) is 22.4 Å². The summed E-state index contributed by atoms with van der Waals surface area (Å²) in [5.74, 6) is 0.131. The van der Waals surface area contributed by atoms with Crippen molar-refractivity contribution in [3.05, 3.63) is 41.3 Å². The molecular weight excluding hydrogens is 429 g/mol. The summed E-state index contributed by atoms with van der Waals surface area (Å²) in [5, 5.41) is 22.4. The molecule has 0 amide bonds. The van der Waals surface area contributed by atoms with Crippen LogP contribution >= 0.6 is 22.9 Å². The smallest absolute Gasteiger partial charge is 0.165 e. The Bertz CT molecular complexity index is 997. The first-order valence-electron chi connectivity index (χ1n) is 9.37. The molecule has 1 aromatic carbocycles. The van der Waals surface area contributed by atoms with Crippen molar-refractivity contribution in [3.8, 4) is 26.9 Å². The molecular formula is C20H23ClFN5O2S. The lowest BCUT2D eigenvalue weighted by atomic mass is 10.2. The molecule has 2 heterocycles. The molecule has 4 N–H and O–H groups in total. The molecule has 0 aliphatic carbocycles. The number of rotatable bonds is 8. The molecule has 0 bridgehead atoms. The summed E-state index contributed by atoms with van der Waals surface area (Å²) in [7, 11) is 0. The zero-order valence-corrected chi connectivity index (χ0v) is 18.3. The number of nitrogens with zero attached hydrogens (tertiary/aromatic N) is 3. The number of ether oxygens (including phenoxy) is 1. The van der Waals surface area contributed by atoms with Gasteiger partial charge in [0.25, 0.3) is 0 Å². The lowest BCUT2D eigenvalue weighted by Gasteiger charge is -2.16. The van der Waals surface area contributed by atoms with Gasteiger partial charge in [0.2, 0.25) is 0 Å². The van der Waals surface area contributed by atoms with E-state index in [1.165, 1.54) is 30.4 Å². The van der Waals surface area contributed by atoms with E-state index in [0.29, 0.717) is 15.6 Å². The molecule has 7 nitrogen and oxygen atoms in total. The van der Waals surface area contributed by atoms with E-state index in [9.17, 15) is 9.50 Å². The van der Waals surface area contributed by atoms with Crippen LogP contribution in [0.4, 0.5) is 10.2 Å². The van der Waals surface area contributed by atoms with Gasteiger partial charge in [-0.1, -0.05) is 22.9 Å². The Hall–Kier alpha value is -2.33. The first kappa shape index (κ1) is 22.4. The van der Waals surface area contributed by atoms with Gasteiger partial charge in [-0.2, -0.15) is 0 Å². The topological polar surface area (TPSA) is 106 Å². The van der Waals surface area contributed by atoms with Crippen molar-refractivity contribution >= 4 is 28.8 Å². The Morgan fingerprint density at radius 3 is 2.60 bits per heavy atom. The maximum atomic E-state index is 14.5. The molecule has 0 aliphatic heterocycles. The van der Waals surface area contributed by atoms with E-state index in [2.05, 4.69) is 20.5 Å². The number of hydrogen-bond acceptors (Lipinski definition) is 8. The van der Waals surface area contributed by atoms with Gasteiger partial charge in [0.05, 0.1) is 17.2 Å². The fraction of sp³-hybridized carbons (Fsp3) is 0.350. The Kier molecular flexibility index (Phi) is 7.19. The van der Waals surface area contributed by atoms with E-state index < -0.39 is 18.0 Å². The highest BCUT2D eigenvalue weighted by atomic mass is 35.5. The number of halogens is 2. The van der Waals surface area contributed by atoms with E-state index in [1.54, 1.807) is 6.20 Å². The third-order valence-corrected chi connectivity index (χ3v) is 5.49. The van der Waals surface area contributed by atoms with Gasteiger partial charge in [-0.25, -0.2) is 9.37 Å². The molecule has 2 atom stereocenters. The number of nitrogens with one attached hydrogen (secondary N) is 1. The van der Waals surface area contributed by atoms with Crippen LogP contribution in [0.25, 0.3) is 21.1 Å². The maximum Gasteiger partial charge on any atom is 0.165 e. The molecule has 0 fully saturated rings. The number of anilines is 1. The largest absolute Gasteiger partial charge is 0.489 e. The van der Waals surface area contributed by atoms with E-state index in [4.69, 9.17) is 22.1 Å². The fourth-order valence-corrected chi connectivity index (χ4v) is 3.64. The van der Waals surface area contributed by atoms with Gasteiger partial charge < -0.3 is 20.9 Å². The Labute approximate surface area is 183 Å². The normalized spacial score (nSPS) is 13.3. The minimum atomic E-state index is -0.771. The number of nitrogens with two attached hydrogens (primary N) is 1. The standard InChI is InChI=1S/C20H23ClFN5O2S/c1-10(2)25-18-5-4-12(8-24-18)19-26-27-20(30-19)13-6-15(22)17(7-14(13)21)29-9-16(23)11(3)28/h4-8,10-11,16,28H,9,23H2,1-3H3,(H,24,25)/t11-,16-/m1/s1. The van der Waals surface area contributed by atoms with Crippen LogP contribution in [0.5, 0.6) is 5.75 Å². The molecule has 3 rings (SSSR count). The quantitative estimate of drug-likeness (QED) is 0.475. The van der Waals surface area contributed by atoms with Gasteiger partial charge in [0.15, 0.2) is 11.6 Å². The van der Waals surface area contributed by atoms with Gasteiger partial charge in [-0.05, 0) is 39.0 Å². The zero-order valence-electron chi connectivity index (χ0n) is 16.8. The Morgan fingerprint density at radius 1 is 1.23 bits per heavy atom. The van der Waals surface area contributed by atoms with Crippen molar-refractivity contribution in [2.24, 2.45) is 5.73 Å². The van der Waals surface area contributed by atoms with Crippen LogP contribution in [0, 0.1) is 5.82 Å². The second kappa shape index (κ2) is 9.65. The van der Waals surface area contributed by atoms with Gasteiger partial charge in [-0.15, -0.1) is 10.2 Å². The Balaban J connectivity index is 1.78. The maximum absolute atomic E-state index is 14.5. The summed E-state index contributed by atoms with van der Waals surface area (Å²) in [6.07, 6.45) is 0.937. The number of hydrogen-bond donors (Lipinski definition) is 3. The number of aromatic nitrogens is 3. The lowest BCUT2D eigenvalue weighted by Crippen LogP contribution is -2.38. The molecule has 10 heteroatoms. The Morgan fingerprint density at radius 2 is 1.97 bits per heavy atom. The molecule has 0 aliphatic rings. The first-order valence-corrected chi connectivity index (χ1v) is 10.6. The molecule has 0 saturated carbocycles. The summed E-state index contributed by atoms with van der Waals surface area (Å²) >= 11 is 7.61. The number of benzene rings is 1. The second-order valence-electron chi connectivity index (χ2n) is 7.12. The highest BCUT2D eigenvalue weighted by molar-refractivity contribution is 7.18. The molecule has 0 unspecified atom stereocenters. The third-order valence-electron chi connectivity index (χ3n) is 4.17. The molecule has 0 radical (unpaired) electrons. The molecule has 0 spiro atoms. The van der Waals surface area contributed by atoms with Crippen molar-refractivity contribution in [2.45, 2.75) is 39.0 Å². The summed E-state index contributed by atoms with van der Waals surface area (Å²) in [5.41, 5.74) is 6.92. The van der Waals surface area contributed by atoms with Crippen molar-refractivity contribution in [1.82, 2.24) is 15.2 Å². The highest BCUT2D eigenvalue weighted by Crippen LogP contribution is 2.37. The monoisotopic (exact) mass is 451 g/mol. The predicted octanol–water partition coefficient (Wildman–Crippen LogP) is 3.97. The van der Waals surface area contributed by atoms with Crippen molar-refractivity contribution in [3.63, 3.8) is 0 Å². The SMILES string of the molecule is CC(C)Nc1ccc(-c2nnc(-c3cc(F)c(OC[C@@H](N)[C@@H](C)O)cc3Cl)s2)cn1. The van der Waals surface area contributed by atoms with Crippen LogP contribution in [0.2, 0.25) is 5.02 Å². The third kappa shape index (κ3) is 5.42. The van der Waals surface area contributed by atoms with Crippen LogP contribution in [0.3, 0.4) is 0 Å². The minimum absolute atomic E-state index is 0.0398. The van der Waals surface area contributed by atoms with Crippen LogP contribution in [0.1, 0.15) is 20.8 Å². The van der Waals surface area contributed by atoms with Crippen LogP contribution in [-0.4, -0.2) is 45.1 Å². The van der Waals surface area contributed by atoms with Crippen LogP contribution in [0.15, 0.2) is 30.5 Å². The molecule has 30 heavy (non-hydrogen) atoms. The van der Waals surface area contributed by atoms with Crippen molar-refractivity contribution in [2.75, 3.05) is 11.9 Å². The lowest BCUT2D eigenvalue weighted by molar-refractivity contribution is 0.129. The van der Waals surface area contributed by atoms with Gasteiger partial charge in [-0.3, -0.25) is 0 Å². The van der Waals surface area contributed by atoms with E-state index >= 15 is 0 Å². The second-order valence-corrected chi connectivity index (χ2v) is 8.51. The average Bonchev–Trinajstić information content (AvgIpc) is 3.18. The zero-order chi connectivity index (χ0) is 21.8.